The molecule has 0 aliphatic carbocycles. The first-order valence-electron chi connectivity index (χ1n) is 9.95. The number of likely N-dealkylation sites (tertiary alicyclic amines) is 1. The van der Waals surface area contributed by atoms with Crippen LogP contribution in [-0.2, 0) is 19.3 Å². The van der Waals surface area contributed by atoms with Gasteiger partial charge in [-0.25, -0.2) is 0 Å². The first kappa shape index (κ1) is 22.2. The Kier molecular flexibility index (Phi) is 8.62. The van der Waals surface area contributed by atoms with Gasteiger partial charge in [0.2, 0.25) is 0 Å². The molecule has 1 N–H and O–H groups in total. The number of hydrogen-bond acceptors (Lipinski definition) is 2. The predicted molar refractivity (Wildman–Crippen MR) is 121 cm³/mol. The average molecular weight is 407 g/mol. The lowest BCUT2D eigenvalue weighted by atomic mass is 9.96. The van der Waals surface area contributed by atoms with Crippen LogP contribution in [0.15, 0.2) is 42.5 Å². The van der Waals surface area contributed by atoms with Crippen molar-refractivity contribution >= 4 is 24.8 Å². The highest BCUT2D eigenvalue weighted by Crippen LogP contribution is 2.25. The van der Waals surface area contributed by atoms with E-state index in [0.29, 0.717) is 0 Å². The van der Waals surface area contributed by atoms with Crippen molar-refractivity contribution in [2.24, 2.45) is 0 Å². The Morgan fingerprint density at radius 2 is 1.63 bits per heavy atom. The van der Waals surface area contributed by atoms with Gasteiger partial charge in [-0.05, 0) is 86.5 Å². The zero-order valence-corrected chi connectivity index (χ0v) is 17.9. The first-order chi connectivity index (χ1) is 12.3. The molecule has 0 saturated carbocycles. The molecule has 0 aromatic heterocycles. The van der Waals surface area contributed by atoms with Crippen molar-refractivity contribution in [1.82, 2.24) is 10.2 Å². The van der Waals surface area contributed by atoms with Gasteiger partial charge in [-0.15, -0.1) is 24.8 Å². The number of nitrogens with one attached hydrogen (secondary N) is 1. The Labute approximate surface area is 176 Å². The average Bonchev–Trinajstić information content (AvgIpc) is 2.91. The monoisotopic (exact) mass is 406 g/mol. The molecule has 1 atom stereocenters. The van der Waals surface area contributed by atoms with Crippen LogP contribution in [0.1, 0.15) is 36.5 Å². The van der Waals surface area contributed by atoms with Gasteiger partial charge >= 0.3 is 0 Å². The molecule has 1 unspecified atom stereocenters. The second kappa shape index (κ2) is 10.5. The molecule has 148 valence electrons. The fourth-order valence-electron chi connectivity index (χ4n) is 4.31. The standard InChI is InChI=1S/C23H30N2.2ClH/c1-18-3-2-15-25(18)16-12-19-4-6-20(7-5-19)22-9-8-21-10-13-24-14-11-23(21)17-22;;/h4-9,17-18,24H,2-3,10-16H2,1H3;2*1H. The van der Waals surface area contributed by atoms with Gasteiger partial charge in [0.1, 0.15) is 0 Å². The van der Waals surface area contributed by atoms with E-state index in [1.807, 2.05) is 0 Å². The second-order valence-corrected chi connectivity index (χ2v) is 7.71. The maximum absolute atomic E-state index is 3.50. The quantitative estimate of drug-likeness (QED) is 0.775. The summed E-state index contributed by atoms with van der Waals surface area (Å²) in [5, 5.41) is 3.50. The number of fused-ring (bicyclic) bond motifs is 1. The van der Waals surface area contributed by atoms with Crippen molar-refractivity contribution in [2.45, 2.75) is 45.1 Å². The molecule has 1 saturated heterocycles. The smallest absolute Gasteiger partial charge is 0.00675 e. The lowest BCUT2D eigenvalue weighted by Gasteiger charge is -2.20. The van der Waals surface area contributed by atoms with Gasteiger partial charge in [0.15, 0.2) is 0 Å². The fourth-order valence-corrected chi connectivity index (χ4v) is 4.31. The molecule has 27 heavy (non-hydrogen) atoms. The van der Waals surface area contributed by atoms with Gasteiger partial charge in [0.25, 0.3) is 0 Å². The van der Waals surface area contributed by atoms with Crippen molar-refractivity contribution in [1.29, 1.82) is 0 Å². The Bertz CT molecular complexity index is 715. The van der Waals surface area contributed by atoms with Gasteiger partial charge < -0.3 is 10.2 Å². The van der Waals surface area contributed by atoms with E-state index in [4.69, 9.17) is 0 Å². The highest BCUT2D eigenvalue weighted by molar-refractivity contribution is 5.85. The molecule has 4 rings (SSSR count). The maximum atomic E-state index is 3.50. The van der Waals surface area contributed by atoms with Crippen LogP contribution in [0.25, 0.3) is 11.1 Å². The van der Waals surface area contributed by atoms with Gasteiger partial charge in [-0.3, -0.25) is 0 Å². The van der Waals surface area contributed by atoms with Crippen molar-refractivity contribution in [2.75, 3.05) is 26.2 Å². The number of halogens is 2. The summed E-state index contributed by atoms with van der Waals surface area (Å²) in [4.78, 5) is 2.63. The molecule has 2 aliphatic rings. The third-order valence-corrected chi connectivity index (χ3v) is 6.01. The van der Waals surface area contributed by atoms with Crippen LogP contribution in [0, 0.1) is 0 Å². The number of benzene rings is 2. The summed E-state index contributed by atoms with van der Waals surface area (Å²) in [6.07, 6.45) is 6.21. The Morgan fingerprint density at radius 3 is 2.33 bits per heavy atom. The van der Waals surface area contributed by atoms with Crippen LogP contribution in [0.3, 0.4) is 0 Å². The molecule has 2 heterocycles. The maximum Gasteiger partial charge on any atom is 0.00675 e. The summed E-state index contributed by atoms with van der Waals surface area (Å²) in [6, 6.07) is 17.1. The third kappa shape index (κ3) is 5.48. The van der Waals surface area contributed by atoms with Crippen LogP contribution in [-0.4, -0.2) is 37.1 Å². The lowest BCUT2D eigenvalue weighted by Crippen LogP contribution is -2.28. The molecule has 2 nitrogen and oxygen atoms in total. The third-order valence-electron chi connectivity index (χ3n) is 6.01. The molecule has 0 bridgehead atoms. The van der Waals surface area contributed by atoms with Gasteiger partial charge in [-0.2, -0.15) is 0 Å². The Balaban J connectivity index is 0.00000131. The lowest BCUT2D eigenvalue weighted by molar-refractivity contribution is 0.272. The first-order valence-corrected chi connectivity index (χ1v) is 9.95. The summed E-state index contributed by atoms with van der Waals surface area (Å²) < 4.78 is 0. The number of rotatable bonds is 4. The summed E-state index contributed by atoms with van der Waals surface area (Å²) >= 11 is 0. The topological polar surface area (TPSA) is 15.3 Å². The number of hydrogen-bond donors (Lipinski definition) is 1. The molecule has 2 aromatic carbocycles. The van der Waals surface area contributed by atoms with Crippen LogP contribution < -0.4 is 5.32 Å². The minimum atomic E-state index is 0. The zero-order chi connectivity index (χ0) is 17.1. The highest BCUT2D eigenvalue weighted by atomic mass is 35.5. The Morgan fingerprint density at radius 1 is 0.926 bits per heavy atom. The largest absolute Gasteiger partial charge is 0.316 e. The molecule has 2 aromatic rings. The summed E-state index contributed by atoms with van der Waals surface area (Å²) in [5.41, 5.74) is 7.21. The molecular formula is C23H32Cl2N2. The van der Waals surface area contributed by atoms with Crippen molar-refractivity contribution < 1.29 is 0 Å². The number of nitrogens with zero attached hydrogens (tertiary/aromatic N) is 1. The summed E-state index contributed by atoms with van der Waals surface area (Å²) in [7, 11) is 0. The molecule has 4 heteroatoms. The van der Waals surface area contributed by atoms with Gasteiger partial charge in [0.05, 0.1) is 0 Å². The van der Waals surface area contributed by atoms with Gasteiger partial charge in [0, 0.05) is 12.6 Å². The van der Waals surface area contributed by atoms with Crippen LogP contribution in [0.5, 0.6) is 0 Å². The van der Waals surface area contributed by atoms with E-state index in [-0.39, 0.29) is 24.8 Å². The normalized spacial score (nSPS) is 19.5. The molecule has 2 aliphatic heterocycles. The van der Waals surface area contributed by atoms with E-state index in [1.54, 1.807) is 0 Å². The van der Waals surface area contributed by atoms with E-state index in [1.165, 1.54) is 60.2 Å². The molecular weight excluding hydrogens is 375 g/mol. The van der Waals surface area contributed by atoms with Crippen LogP contribution >= 0.6 is 24.8 Å². The van der Waals surface area contributed by atoms with E-state index in [0.717, 1.165) is 32.0 Å². The molecule has 0 spiro atoms. The minimum Gasteiger partial charge on any atom is -0.316 e. The van der Waals surface area contributed by atoms with Gasteiger partial charge in [-0.1, -0.05) is 42.5 Å². The van der Waals surface area contributed by atoms with Crippen LogP contribution in [0.4, 0.5) is 0 Å². The van der Waals surface area contributed by atoms with Crippen molar-refractivity contribution in [3.8, 4) is 11.1 Å². The summed E-state index contributed by atoms with van der Waals surface area (Å²) in [6.45, 7) is 7.06. The molecule has 1 fully saturated rings. The second-order valence-electron chi connectivity index (χ2n) is 7.71. The molecule has 0 radical (unpaired) electrons. The zero-order valence-electron chi connectivity index (χ0n) is 16.2. The molecule has 0 amide bonds. The minimum absolute atomic E-state index is 0. The Hall–Kier alpha value is -1.06. The fraction of sp³-hybridized carbons (Fsp3) is 0.478. The summed E-state index contributed by atoms with van der Waals surface area (Å²) in [5.74, 6) is 0. The highest BCUT2D eigenvalue weighted by Gasteiger charge is 2.19. The van der Waals surface area contributed by atoms with Crippen LogP contribution in [0.2, 0.25) is 0 Å². The van der Waals surface area contributed by atoms with E-state index >= 15 is 0 Å². The van der Waals surface area contributed by atoms with Crippen molar-refractivity contribution in [3.63, 3.8) is 0 Å². The van der Waals surface area contributed by atoms with E-state index < -0.39 is 0 Å². The van der Waals surface area contributed by atoms with Crippen molar-refractivity contribution in [3.05, 3.63) is 59.2 Å². The SMILES string of the molecule is CC1CCCN1CCc1ccc(-c2ccc3c(c2)CCNCC3)cc1.Cl.Cl. The predicted octanol–water partition coefficient (Wildman–Crippen LogP) is 4.91. The van der Waals surface area contributed by atoms with E-state index in [9.17, 15) is 0 Å². The van der Waals surface area contributed by atoms with E-state index in [2.05, 4.69) is 59.6 Å².